The highest BCUT2D eigenvalue weighted by atomic mass is 16.7. The van der Waals surface area contributed by atoms with Crippen LogP contribution in [0.5, 0.6) is 0 Å². The molecule has 0 amide bonds. The summed E-state index contributed by atoms with van der Waals surface area (Å²) in [5.41, 5.74) is 0. The van der Waals surface area contributed by atoms with Crippen LogP contribution in [0.1, 0.15) is 42.9 Å². The second-order valence-corrected chi connectivity index (χ2v) is 5.53. The number of nitrogens with one attached hydrogen (secondary N) is 1. The van der Waals surface area contributed by atoms with Crippen molar-refractivity contribution in [3.05, 3.63) is 0 Å². The average Bonchev–Trinajstić information content (AvgIpc) is 2.34. The molecule has 4 N–H and O–H groups in total. The molecule has 0 aromatic carbocycles. The lowest BCUT2D eigenvalue weighted by molar-refractivity contribution is -0.319. The van der Waals surface area contributed by atoms with E-state index in [0.717, 1.165) is 0 Å². The molecule has 0 aliphatic carbocycles. The fourth-order valence-electron chi connectivity index (χ4n) is 2.57. The number of hydrogen-bond donors (Lipinski definition) is 4. The summed E-state index contributed by atoms with van der Waals surface area (Å²) in [4.78, 5) is 0. The minimum atomic E-state index is -1.27. The third-order valence-corrected chi connectivity index (χ3v) is 3.28. The fraction of sp³-hybridized carbons (Fsp3) is 1.00. The molecule has 0 aromatic rings. The summed E-state index contributed by atoms with van der Waals surface area (Å²) >= 11 is 0. The second-order valence-electron chi connectivity index (χ2n) is 5.53. The number of likely N-dealkylation sites (N-methyl/N-ethyl adjacent to an activating group) is 1. The quantitative estimate of drug-likeness (QED) is 0.581. The van der Waals surface area contributed by atoms with E-state index in [1.807, 2.05) is 13.8 Å². The van der Waals surface area contributed by atoms with Crippen molar-refractivity contribution in [3.63, 3.8) is 0 Å². The molecule has 1 fully saturated rings. The minimum absolute atomic E-state index is 0. The molecule has 1 heterocycles. The maximum absolute atomic E-state index is 10.2. The van der Waals surface area contributed by atoms with Crippen LogP contribution in [-0.2, 0) is 9.47 Å². The third-order valence-electron chi connectivity index (χ3n) is 3.28. The average molecular weight is 294 g/mol. The standard InChI is InChI=1S/C13H27NO5.CH4/c1-7(2)18-13(4)6-9(16)10(14-5)12(19-13)11(17)8(3)15;/h7-12,14-17H,6H2,1-5H3;1H4/i3D;. The normalized spacial score (nSPS) is 38.0. The fourth-order valence-corrected chi connectivity index (χ4v) is 2.57. The van der Waals surface area contributed by atoms with Crippen molar-refractivity contribution >= 4 is 0 Å². The molecule has 20 heavy (non-hydrogen) atoms. The number of rotatable bonds is 5. The predicted molar refractivity (Wildman–Crippen MR) is 77.4 cm³/mol. The van der Waals surface area contributed by atoms with Crippen LogP contribution in [0.3, 0.4) is 0 Å². The molecule has 1 rings (SSSR count). The van der Waals surface area contributed by atoms with Gasteiger partial charge in [-0.3, -0.25) is 0 Å². The van der Waals surface area contributed by atoms with Gasteiger partial charge in [-0.05, 0) is 34.7 Å². The molecule has 0 spiro atoms. The highest BCUT2D eigenvalue weighted by molar-refractivity contribution is 4.96. The summed E-state index contributed by atoms with van der Waals surface area (Å²) in [7, 11) is 1.65. The van der Waals surface area contributed by atoms with Crippen molar-refractivity contribution in [1.29, 1.82) is 0 Å². The van der Waals surface area contributed by atoms with Crippen LogP contribution in [0.4, 0.5) is 0 Å². The van der Waals surface area contributed by atoms with Gasteiger partial charge < -0.3 is 30.1 Å². The Morgan fingerprint density at radius 3 is 2.50 bits per heavy atom. The van der Waals surface area contributed by atoms with E-state index in [9.17, 15) is 15.3 Å². The minimum Gasteiger partial charge on any atom is -0.391 e. The zero-order valence-corrected chi connectivity index (χ0v) is 12.0. The van der Waals surface area contributed by atoms with Crippen LogP contribution in [0.2, 0.25) is 0 Å². The van der Waals surface area contributed by atoms with Gasteiger partial charge in [-0.15, -0.1) is 0 Å². The summed E-state index contributed by atoms with van der Waals surface area (Å²) in [5.74, 6) is -1.03. The number of aliphatic hydroxyl groups is 3. The first-order valence-corrected chi connectivity index (χ1v) is 6.60. The molecule has 6 heteroatoms. The first kappa shape index (κ1) is 17.8. The molecule has 122 valence electrons. The first-order valence-electron chi connectivity index (χ1n) is 7.31. The van der Waals surface area contributed by atoms with Gasteiger partial charge in [0, 0.05) is 7.79 Å². The largest absolute Gasteiger partial charge is 0.391 e. The molecule has 6 unspecified atom stereocenters. The van der Waals surface area contributed by atoms with Gasteiger partial charge in [0.15, 0.2) is 5.79 Å². The highest BCUT2D eigenvalue weighted by Crippen LogP contribution is 2.33. The molecule has 0 saturated carbocycles. The molecule has 0 bridgehead atoms. The van der Waals surface area contributed by atoms with Crippen molar-refractivity contribution < 1.29 is 26.2 Å². The van der Waals surface area contributed by atoms with E-state index in [2.05, 4.69) is 5.32 Å². The van der Waals surface area contributed by atoms with Crippen LogP contribution in [-0.4, -0.2) is 64.7 Å². The summed E-state index contributed by atoms with van der Waals surface area (Å²) in [5, 5.41) is 32.9. The van der Waals surface area contributed by atoms with Crippen LogP contribution in [0, 0.1) is 0 Å². The summed E-state index contributed by atoms with van der Waals surface area (Å²) in [6.07, 6.45) is -3.98. The summed E-state index contributed by atoms with van der Waals surface area (Å²) in [6.45, 7) is 5.08. The molecule has 1 saturated heterocycles. The number of ether oxygens (including phenoxy) is 2. The number of hydrogen-bond acceptors (Lipinski definition) is 6. The van der Waals surface area contributed by atoms with Crippen LogP contribution in [0.15, 0.2) is 0 Å². The zero-order valence-electron chi connectivity index (χ0n) is 13.0. The van der Waals surface area contributed by atoms with Gasteiger partial charge in [0.25, 0.3) is 0 Å². The lowest BCUT2D eigenvalue weighted by Gasteiger charge is -2.47. The van der Waals surface area contributed by atoms with Crippen molar-refractivity contribution in [2.24, 2.45) is 0 Å². The second kappa shape index (κ2) is 7.68. The first-order chi connectivity index (χ1) is 9.24. The van der Waals surface area contributed by atoms with Crippen molar-refractivity contribution in [3.8, 4) is 0 Å². The SMILES string of the molecule is C.[2H]CC(O)C(O)C1OC(C)(OC(C)C)CC(O)C1NC. The Hall–Kier alpha value is -0.240. The van der Waals surface area contributed by atoms with Gasteiger partial charge >= 0.3 is 0 Å². The maximum atomic E-state index is 10.2. The van der Waals surface area contributed by atoms with E-state index < -0.39 is 36.2 Å². The lowest BCUT2D eigenvalue weighted by atomic mass is 9.89. The Kier molecular flexibility index (Phi) is 6.84. The van der Waals surface area contributed by atoms with Gasteiger partial charge in [0.2, 0.25) is 0 Å². The van der Waals surface area contributed by atoms with Crippen LogP contribution >= 0.6 is 0 Å². The Morgan fingerprint density at radius 1 is 1.45 bits per heavy atom. The Bertz CT molecular complexity index is 307. The summed E-state index contributed by atoms with van der Waals surface area (Å²) in [6, 6.07) is -0.532. The van der Waals surface area contributed by atoms with Crippen molar-refractivity contribution in [1.82, 2.24) is 5.32 Å². The van der Waals surface area contributed by atoms with E-state index in [1.165, 1.54) is 0 Å². The van der Waals surface area contributed by atoms with Gasteiger partial charge in [-0.2, -0.15) is 0 Å². The van der Waals surface area contributed by atoms with Crippen molar-refractivity contribution in [2.45, 2.75) is 83.9 Å². The zero-order chi connectivity index (χ0) is 15.5. The van der Waals surface area contributed by atoms with Crippen molar-refractivity contribution in [2.75, 3.05) is 7.05 Å². The highest BCUT2D eigenvalue weighted by Gasteiger charge is 2.48. The van der Waals surface area contributed by atoms with Gasteiger partial charge in [-0.25, -0.2) is 0 Å². The van der Waals surface area contributed by atoms with Gasteiger partial charge in [0.1, 0.15) is 12.2 Å². The Balaban J connectivity index is 0.00000400. The molecule has 6 atom stereocenters. The topological polar surface area (TPSA) is 91.2 Å². The molecular formula is C14H31NO5. The molecule has 1 aliphatic rings. The maximum Gasteiger partial charge on any atom is 0.168 e. The smallest absolute Gasteiger partial charge is 0.168 e. The van der Waals surface area contributed by atoms with Crippen LogP contribution in [0.25, 0.3) is 0 Å². The third kappa shape index (κ3) is 4.65. The molecular weight excluding hydrogens is 262 g/mol. The predicted octanol–water partition coefficient (Wildman–Crippen LogP) is 0.243. The van der Waals surface area contributed by atoms with Gasteiger partial charge in [-0.1, -0.05) is 7.43 Å². The van der Waals surface area contributed by atoms with Crippen LogP contribution < -0.4 is 5.32 Å². The van der Waals surface area contributed by atoms with Gasteiger partial charge in [0.05, 0.1) is 24.4 Å². The van der Waals surface area contributed by atoms with E-state index in [4.69, 9.17) is 10.8 Å². The van der Waals surface area contributed by atoms with E-state index in [0.29, 0.717) is 0 Å². The Labute approximate surface area is 123 Å². The lowest BCUT2D eigenvalue weighted by Crippen LogP contribution is -2.64. The van der Waals surface area contributed by atoms with E-state index in [1.54, 1.807) is 14.0 Å². The molecule has 1 aliphatic heterocycles. The molecule has 0 radical (unpaired) electrons. The Morgan fingerprint density at radius 2 is 2.05 bits per heavy atom. The summed E-state index contributed by atoms with van der Waals surface area (Å²) < 4.78 is 18.7. The van der Waals surface area contributed by atoms with E-state index >= 15 is 0 Å². The molecule has 0 aromatic heterocycles. The molecule has 6 nitrogen and oxygen atoms in total. The van der Waals surface area contributed by atoms with E-state index in [-0.39, 0.29) is 26.9 Å². The number of aliphatic hydroxyl groups excluding tert-OH is 3. The monoisotopic (exact) mass is 294 g/mol.